The molecule has 0 aromatic carbocycles. The van der Waals surface area contributed by atoms with Crippen LogP contribution in [0.1, 0.15) is 20.3 Å². The van der Waals surface area contributed by atoms with Gasteiger partial charge in [0.15, 0.2) is 0 Å². The summed E-state index contributed by atoms with van der Waals surface area (Å²) in [6, 6.07) is 0. The Bertz CT molecular complexity index is 99.4. The van der Waals surface area contributed by atoms with Crippen LogP contribution < -0.4 is 0 Å². The Morgan fingerprint density at radius 1 is 1.40 bits per heavy atom. The van der Waals surface area contributed by atoms with Gasteiger partial charge in [-0.25, -0.2) is 0 Å². The van der Waals surface area contributed by atoms with Crippen LogP contribution in [0.25, 0.3) is 0 Å². The van der Waals surface area contributed by atoms with E-state index in [-0.39, 0.29) is 6.10 Å². The summed E-state index contributed by atoms with van der Waals surface area (Å²) in [6.45, 7) is 7.36. The van der Waals surface area contributed by atoms with Crippen molar-refractivity contribution in [1.29, 1.82) is 0 Å². The van der Waals surface area contributed by atoms with Crippen molar-refractivity contribution >= 4 is 0 Å². The van der Waals surface area contributed by atoms with E-state index in [1.807, 2.05) is 0 Å². The number of rotatable bonds is 3. The van der Waals surface area contributed by atoms with Gasteiger partial charge in [0.25, 0.3) is 0 Å². The van der Waals surface area contributed by atoms with Gasteiger partial charge in [-0.15, -0.1) is 0 Å². The molecule has 1 atom stereocenters. The maximum atomic E-state index is 9.42. The molecule has 1 unspecified atom stereocenters. The summed E-state index contributed by atoms with van der Waals surface area (Å²) in [5.74, 6) is 0.403. The molecule has 2 nitrogen and oxygen atoms in total. The molecule has 2 heteroatoms. The van der Waals surface area contributed by atoms with Gasteiger partial charge >= 0.3 is 0 Å². The van der Waals surface area contributed by atoms with Crippen LogP contribution in [0.5, 0.6) is 0 Å². The molecule has 0 radical (unpaired) electrons. The molecule has 0 amide bonds. The summed E-state index contributed by atoms with van der Waals surface area (Å²) in [4.78, 5) is 2.30. The molecular formula is C8H17NO. The van der Waals surface area contributed by atoms with Crippen molar-refractivity contribution in [1.82, 2.24) is 4.90 Å². The minimum atomic E-state index is -0.125. The molecule has 1 aliphatic rings. The second kappa shape index (κ2) is 3.35. The first-order valence-corrected chi connectivity index (χ1v) is 4.10. The van der Waals surface area contributed by atoms with E-state index in [4.69, 9.17) is 0 Å². The third-order valence-corrected chi connectivity index (χ3v) is 2.16. The number of nitrogens with zero attached hydrogens (tertiary/aromatic N) is 1. The van der Waals surface area contributed by atoms with Crippen LogP contribution in [0.3, 0.4) is 0 Å². The summed E-state index contributed by atoms with van der Waals surface area (Å²) in [5.41, 5.74) is 0. The van der Waals surface area contributed by atoms with Gasteiger partial charge in [-0.05, 0) is 25.4 Å². The number of hydrogen-bond acceptors (Lipinski definition) is 2. The molecule has 1 saturated heterocycles. The first-order valence-electron chi connectivity index (χ1n) is 4.10. The van der Waals surface area contributed by atoms with E-state index in [2.05, 4.69) is 18.7 Å². The molecule has 0 spiro atoms. The van der Waals surface area contributed by atoms with Gasteiger partial charge < -0.3 is 10.0 Å². The number of β-amino-alcohol motifs (C(OH)–C–C–N with tert-alkyl or cyclic N) is 1. The zero-order chi connectivity index (χ0) is 7.56. The molecule has 1 N–H and O–H groups in total. The minimum absolute atomic E-state index is 0.125. The summed E-state index contributed by atoms with van der Waals surface area (Å²) < 4.78 is 0. The normalized spacial score (nSPS) is 22.8. The van der Waals surface area contributed by atoms with Crippen LogP contribution in [0.2, 0.25) is 0 Å². The van der Waals surface area contributed by atoms with Crippen LogP contribution in [0.15, 0.2) is 0 Å². The Morgan fingerprint density at radius 2 is 2.00 bits per heavy atom. The number of hydrogen-bond donors (Lipinski definition) is 1. The highest BCUT2D eigenvalue weighted by Gasteiger charge is 2.18. The van der Waals surface area contributed by atoms with Gasteiger partial charge in [-0.1, -0.05) is 13.8 Å². The van der Waals surface area contributed by atoms with Crippen LogP contribution in [0, 0.1) is 5.92 Å². The molecule has 0 aromatic rings. The highest BCUT2D eigenvalue weighted by molar-refractivity contribution is 4.73. The largest absolute Gasteiger partial charge is 0.392 e. The zero-order valence-corrected chi connectivity index (χ0v) is 6.88. The fourth-order valence-electron chi connectivity index (χ4n) is 1.04. The first-order chi connectivity index (χ1) is 4.70. The van der Waals surface area contributed by atoms with E-state index in [1.54, 1.807) is 0 Å². The van der Waals surface area contributed by atoms with Crippen LogP contribution in [-0.4, -0.2) is 35.7 Å². The predicted octanol–water partition coefficient (Wildman–Crippen LogP) is 0.709. The summed E-state index contributed by atoms with van der Waals surface area (Å²) >= 11 is 0. The second-order valence-corrected chi connectivity index (χ2v) is 3.47. The molecule has 0 aliphatic carbocycles. The number of likely N-dealkylation sites (tertiary alicyclic amines) is 1. The number of aliphatic hydroxyl groups excluding tert-OH is 1. The van der Waals surface area contributed by atoms with Crippen molar-refractivity contribution in [2.24, 2.45) is 5.92 Å². The Hall–Kier alpha value is -0.0800. The van der Waals surface area contributed by atoms with Crippen molar-refractivity contribution in [2.75, 3.05) is 19.6 Å². The van der Waals surface area contributed by atoms with E-state index >= 15 is 0 Å². The van der Waals surface area contributed by atoms with E-state index in [0.717, 1.165) is 6.54 Å². The lowest BCUT2D eigenvalue weighted by atomic mass is 10.1. The highest BCUT2D eigenvalue weighted by Crippen LogP contribution is 2.09. The lowest BCUT2D eigenvalue weighted by Gasteiger charge is -2.33. The maximum Gasteiger partial charge on any atom is 0.0689 e. The summed E-state index contributed by atoms with van der Waals surface area (Å²) in [7, 11) is 0. The molecule has 1 aliphatic heterocycles. The van der Waals surface area contributed by atoms with E-state index in [9.17, 15) is 5.11 Å². The van der Waals surface area contributed by atoms with Gasteiger partial charge in [0.05, 0.1) is 6.10 Å². The van der Waals surface area contributed by atoms with Gasteiger partial charge in [0.1, 0.15) is 0 Å². The molecule has 0 aromatic heterocycles. The molecular weight excluding hydrogens is 126 g/mol. The quantitative estimate of drug-likeness (QED) is 0.629. The maximum absolute atomic E-state index is 9.42. The fraction of sp³-hybridized carbons (Fsp3) is 1.00. The van der Waals surface area contributed by atoms with Crippen molar-refractivity contribution < 1.29 is 5.11 Å². The van der Waals surface area contributed by atoms with Gasteiger partial charge in [-0.2, -0.15) is 0 Å². The Morgan fingerprint density at radius 3 is 2.30 bits per heavy atom. The van der Waals surface area contributed by atoms with Crippen LogP contribution >= 0.6 is 0 Å². The van der Waals surface area contributed by atoms with E-state index in [1.165, 1.54) is 19.5 Å². The second-order valence-electron chi connectivity index (χ2n) is 3.47. The predicted molar refractivity (Wildman–Crippen MR) is 41.9 cm³/mol. The molecule has 0 bridgehead atoms. The van der Waals surface area contributed by atoms with E-state index in [0.29, 0.717) is 5.92 Å². The van der Waals surface area contributed by atoms with Crippen molar-refractivity contribution in [3.05, 3.63) is 0 Å². The Labute approximate surface area is 62.8 Å². The zero-order valence-electron chi connectivity index (χ0n) is 6.88. The molecule has 1 rings (SSSR count). The topological polar surface area (TPSA) is 23.5 Å². The van der Waals surface area contributed by atoms with Gasteiger partial charge in [-0.3, -0.25) is 0 Å². The third kappa shape index (κ3) is 1.96. The Kier molecular flexibility index (Phi) is 2.69. The third-order valence-electron chi connectivity index (χ3n) is 2.16. The van der Waals surface area contributed by atoms with Crippen molar-refractivity contribution in [3.8, 4) is 0 Å². The SMILES string of the molecule is CC(C)C(O)CN1CCC1. The molecule has 10 heavy (non-hydrogen) atoms. The first kappa shape index (κ1) is 8.02. The molecule has 0 saturated carbocycles. The average Bonchev–Trinajstić information content (AvgIpc) is 1.77. The van der Waals surface area contributed by atoms with E-state index < -0.39 is 0 Å². The van der Waals surface area contributed by atoms with Crippen LogP contribution in [-0.2, 0) is 0 Å². The lowest BCUT2D eigenvalue weighted by molar-refractivity contribution is 0.0510. The molecule has 1 heterocycles. The molecule has 1 fully saturated rings. The van der Waals surface area contributed by atoms with Crippen molar-refractivity contribution in [2.45, 2.75) is 26.4 Å². The summed E-state index contributed by atoms with van der Waals surface area (Å²) in [6.07, 6.45) is 1.19. The van der Waals surface area contributed by atoms with Gasteiger partial charge in [0.2, 0.25) is 0 Å². The summed E-state index contributed by atoms with van der Waals surface area (Å²) in [5, 5.41) is 9.42. The average molecular weight is 143 g/mol. The van der Waals surface area contributed by atoms with Gasteiger partial charge in [0, 0.05) is 6.54 Å². The lowest BCUT2D eigenvalue weighted by Crippen LogP contribution is -2.43. The standard InChI is InChI=1S/C8H17NO/c1-7(2)8(10)6-9-4-3-5-9/h7-8,10H,3-6H2,1-2H3. The Balaban J connectivity index is 2.10. The monoisotopic (exact) mass is 143 g/mol. The minimum Gasteiger partial charge on any atom is -0.392 e. The smallest absolute Gasteiger partial charge is 0.0689 e. The van der Waals surface area contributed by atoms with Crippen molar-refractivity contribution in [3.63, 3.8) is 0 Å². The highest BCUT2D eigenvalue weighted by atomic mass is 16.3. The fourth-order valence-corrected chi connectivity index (χ4v) is 1.04. The van der Waals surface area contributed by atoms with Crippen LogP contribution in [0.4, 0.5) is 0 Å². The number of aliphatic hydroxyl groups is 1. The molecule has 60 valence electrons.